The van der Waals surface area contributed by atoms with Crippen LogP contribution in [-0.4, -0.2) is 35.4 Å². The van der Waals surface area contributed by atoms with Crippen LogP contribution in [0.2, 0.25) is 0 Å². The number of para-hydroxylation sites is 1. The fourth-order valence-corrected chi connectivity index (χ4v) is 3.06. The number of esters is 2. The van der Waals surface area contributed by atoms with E-state index in [0.717, 1.165) is 5.39 Å². The van der Waals surface area contributed by atoms with E-state index in [1.807, 2.05) is 12.1 Å². The van der Waals surface area contributed by atoms with Gasteiger partial charge < -0.3 is 18.9 Å². The Hall–Kier alpha value is -3.35. The van der Waals surface area contributed by atoms with Gasteiger partial charge in [0.15, 0.2) is 6.10 Å². The number of benzene rings is 1. The number of hydrogen-bond acceptors (Lipinski definition) is 6. The summed E-state index contributed by atoms with van der Waals surface area (Å²) in [5.41, 5.74) is 2.08. The van der Waals surface area contributed by atoms with Gasteiger partial charge in [0.1, 0.15) is 5.58 Å². The summed E-state index contributed by atoms with van der Waals surface area (Å²) in [5.74, 6) is -1.66. The third-order valence-electron chi connectivity index (χ3n) is 4.44. The van der Waals surface area contributed by atoms with E-state index in [2.05, 4.69) is 4.98 Å². The number of H-pyrrole nitrogens is 1. The fraction of sp³-hybridized carbons (Fsp3) is 0.286. The average molecular weight is 383 g/mol. The first-order valence-electron chi connectivity index (χ1n) is 8.93. The van der Waals surface area contributed by atoms with Gasteiger partial charge in [0.05, 0.1) is 17.9 Å². The third-order valence-corrected chi connectivity index (χ3v) is 4.44. The summed E-state index contributed by atoms with van der Waals surface area (Å²) in [6.45, 7) is 6.75. The average Bonchev–Trinajstić information content (AvgIpc) is 3.22. The predicted octanol–water partition coefficient (Wildman–Crippen LogP) is 3.98. The maximum atomic E-state index is 12.8. The second-order valence-electron chi connectivity index (χ2n) is 6.41. The Balaban J connectivity index is 1.78. The van der Waals surface area contributed by atoms with Crippen LogP contribution in [0.4, 0.5) is 0 Å². The number of furan rings is 1. The van der Waals surface area contributed by atoms with E-state index in [1.165, 1.54) is 6.92 Å². The Labute approximate surface area is 161 Å². The lowest BCUT2D eigenvalue weighted by Crippen LogP contribution is -2.25. The minimum atomic E-state index is -1.06. The molecular weight excluding hydrogens is 362 g/mol. The summed E-state index contributed by atoms with van der Waals surface area (Å²) in [5, 5.41) is 0.767. The second kappa shape index (κ2) is 7.72. The minimum absolute atomic E-state index is 0.0208. The number of ether oxygens (including phenoxy) is 2. The third kappa shape index (κ3) is 3.55. The molecule has 0 spiro atoms. The molecule has 1 N–H and O–H groups in total. The Kier molecular flexibility index (Phi) is 5.35. The Morgan fingerprint density at radius 3 is 2.54 bits per heavy atom. The molecule has 0 saturated heterocycles. The number of nitrogens with one attached hydrogen (secondary N) is 1. The molecule has 28 heavy (non-hydrogen) atoms. The van der Waals surface area contributed by atoms with E-state index >= 15 is 0 Å². The molecule has 1 atom stereocenters. The molecule has 0 saturated carbocycles. The lowest BCUT2D eigenvalue weighted by molar-refractivity contribution is 0.0289. The van der Waals surface area contributed by atoms with Gasteiger partial charge in [-0.1, -0.05) is 18.2 Å². The number of carbonyl (C=O) groups excluding carboxylic acids is 3. The van der Waals surface area contributed by atoms with Crippen molar-refractivity contribution in [2.24, 2.45) is 0 Å². The first-order valence-corrected chi connectivity index (χ1v) is 8.93. The molecule has 2 aromatic heterocycles. The maximum absolute atomic E-state index is 12.8. The molecule has 7 nitrogen and oxygen atoms in total. The second-order valence-corrected chi connectivity index (χ2v) is 6.41. The molecule has 7 heteroatoms. The van der Waals surface area contributed by atoms with Crippen LogP contribution in [-0.2, 0) is 9.47 Å². The molecule has 0 bridgehead atoms. The molecule has 0 radical (unpaired) electrons. The smallest absolute Gasteiger partial charge is 0.374 e. The van der Waals surface area contributed by atoms with Crippen molar-refractivity contribution < 1.29 is 28.3 Å². The van der Waals surface area contributed by atoms with Crippen LogP contribution in [0, 0.1) is 13.8 Å². The van der Waals surface area contributed by atoms with E-state index in [0.29, 0.717) is 22.4 Å². The summed E-state index contributed by atoms with van der Waals surface area (Å²) in [6, 6.07) is 8.74. The lowest BCUT2D eigenvalue weighted by atomic mass is 10.1. The van der Waals surface area contributed by atoms with Crippen molar-refractivity contribution in [1.82, 2.24) is 4.98 Å². The molecule has 2 heterocycles. The van der Waals surface area contributed by atoms with Crippen LogP contribution < -0.4 is 0 Å². The van der Waals surface area contributed by atoms with Gasteiger partial charge >= 0.3 is 11.9 Å². The zero-order chi connectivity index (χ0) is 20.4. The molecule has 0 amide bonds. The molecule has 0 aliphatic carbocycles. The first kappa shape index (κ1) is 19.4. The highest BCUT2D eigenvalue weighted by Crippen LogP contribution is 2.23. The molecule has 3 rings (SSSR count). The summed E-state index contributed by atoms with van der Waals surface area (Å²) >= 11 is 0. The van der Waals surface area contributed by atoms with Gasteiger partial charge in [-0.2, -0.15) is 0 Å². The lowest BCUT2D eigenvalue weighted by Gasteiger charge is -2.11. The van der Waals surface area contributed by atoms with Gasteiger partial charge in [-0.25, -0.2) is 9.59 Å². The number of fused-ring (bicyclic) bond motifs is 1. The highest BCUT2D eigenvalue weighted by molar-refractivity contribution is 6.04. The van der Waals surface area contributed by atoms with Crippen LogP contribution in [0.5, 0.6) is 0 Å². The molecule has 1 aromatic carbocycles. The number of aryl methyl sites for hydroxylation is 1. The van der Waals surface area contributed by atoms with Crippen molar-refractivity contribution in [3.05, 3.63) is 58.6 Å². The SMILES string of the molecule is CCOC(=O)c1c(C)[nH]c(C(=O)[C@H](C)OC(=O)c2cc3ccccc3o2)c1C. The van der Waals surface area contributed by atoms with Gasteiger partial charge in [0.25, 0.3) is 0 Å². The number of Topliss-reactive ketones (excluding diaryl/α,β-unsaturated/α-hetero) is 1. The normalized spacial score (nSPS) is 12.0. The van der Waals surface area contributed by atoms with Crippen LogP contribution in [0.3, 0.4) is 0 Å². The topological polar surface area (TPSA) is 98.6 Å². The minimum Gasteiger partial charge on any atom is -0.462 e. The maximum Gasteiger partial charge on any atom is 0.374 e. The summed E-state index contributed by atoms with van der Waals surface area (Å²) in [7, 11) is 0. The molecule has 146 valence electrons. The monoisotopic (exact) mass is 383 g/mol. The van der Waals surface area contributed by atoms with Gasteiger partial charge in [-0.15, -0.1) is 0 Å². The summed E-state index contributed by atoms with van der Waals surface area (Å²) in [4.78, 5) is 40.1. The van der Waals surface area contributed by atoms with Crippen LogP contribution in [0.25, 0.3) is 11.0 Å². The highest BCUT2D eigenvalue weighted by Gasteiger charge is 2.28. The number of rotatable bonds is 6. The number of aromatic amines is 1. The molecule has 0 aliphatic heterocycles. The van der Waals surface area contributed by atoms with Crippen LogP contribution >= 0.6 is 0 Å². The molecule has 3 aromatic rings. The summed E-state index contributed by atoms with van der Waals surface area (Å²) in [6.07, 6.45) is -1.06. The predicted molar refractivity (Wildman–Crippen MR) is 102 cm³/mol. The largest absolute Gasteiger partial charge is 0.462 e. The quantitative estimate of drug-likeness (QED) is 0.511. The number of hydrogen-bond donors (Lipinski definition) is 1. The standard InChI is InChI=1S/C21H21NO6/c1-5-26-21(25)17-11(2)18(22-12(17)3)19(23)13(4)27-20(24)16-10-14-8-6-7-9-15(14)28-16/h6-10,13,22H,5H2,1-4H3/t13-/m0/s1. The van der Waals surface area contributed by atoms with E-state index in [4.69, 9.17) is 13.9 Å². The highest BCUT2D eigenvalue weighted by atomic mass is 16.6. The van der Waals surface area contributed by atoms with Gasteiger partial charge in [0, 0.05) is 11.1 Å². The molecule has 0 unspecified atom stereocenters. The molecule has 0 aliphatic rings. The Morgan fingerprint density at radius 2 is 1.86 bits per heavy atom. The van der Waals surface area contributed by atoms with Gasteiger partial charge in [-0.3, -0.25) is 4.79 Å². The van der Waals surface area contributed by atoms with E-state index in [1.54, 1.807) is 39.0 Å². The Morgan fingerprint density at radius 1 is 1.14 bits per heavy atom. The van der Waals surface area contributed by atoms with Crippen LogP contribution in [0.1, 0.15) is 56.5 Å². The van der Waals surface area contributed by atoms with Crippen molar-refractivity contribution in [3.63, 3.8) is 0 Å². The zero-order valence-electron chi connectivity index (χ0n) is 16.1. The van der Waals surface area contributed by atoms with E-state index < -0.39 is 23.8 Å². The Bertz CT molecular complexity index is 1030. The van der Waals surface area contributed by atoms with Crippen molar-refractivity contribution >= 4 is 28.7 Å². The zero-order valence-corrected chi connectivity index (χ0v) is 16.1. The first-order chi connectivity index (χ1) is 13.3. The van der Waals surface area contributed by atoms with Gasteiger partial charge in [0.2, 0.25) is 11.5 Å². The van der Waals surface area contributed by atoms with Crippen molar-refractivity contribution in [1.29, 1.82) is 0 Å². The summed E-state index contributed by atoms with van der Waals surface area (Å²) < 4.78 is 15.8. The molecule has 0 fully saturated rings. The van der Waals surface area contributed by atoms with E-state index in [-0.39, 0.29) is 18.1 Å². The van der Waals surface area contributed by atoms with Crippen molar-refractivity contribution in [2.75, 3.05) is 6.61 Å². The number of ketones is 1. The molecular formula is C21H21NO6. The van der Waals surface area contributed by atoms with Gasteiger partial charge in [-0.05, 0) is 45.4 Å². The number of aromatic nitrogens is 1. The number of carbonyl (C=O) groups is 3. The van der Waals surface area contributed by atoms with Crippen molar-refractivity contribution in [3.8, 4) is 0 Å². The fourth-order valence-electron chi connectivity index (χ4n) is 3.06. The van der Waals surface area contributed by atoms with Crippen molar-refractivity contribution in [2.45, 2.75) is 33.8 Å². The van der Waals surface area contributed by atoms with E-state index in [9.17, 15) is 14.4 Å². The van der Waals surface area contributed by atoms with Crippen LogP contribution in [0.15, 0.2) is 34.7 Å².